The smallest absolute Gasteiger partial charge is 0.334 e. The number of nitrogens with one attached hydrogen (secondary N) is 1. The van der Waals surface area contributed by atoms with Gasteiger partial charge in [-0.15, -0.1) is 0 Å². The molecule has 212 valence electrons. The summed E-state index contributed by atoms with van der Waals surface area (Å²) in [7, 11) is 0. The molecule has 1 heterocycles. The minimum Gasteiger partial charge on any atom is -0.462 e. The first-order chi connectivity index (χ1) is 19.9. The van der Waals surface area contributed by atoms with Crippen LogP contribution >= 0.6 is 11.6 Å². The number of hydrazone groups is 1. The summed E-state index contributed by atoms with van der Waals surface area (Å²) in [6, 6.07) is 20.6. The van der Waals surface area contributed by atoms with Crippen molar-refractivity contribution in [3.63, 3.8) is 0 Å². The molecule has 0 bridgehead atoms. The van der Waals surface area contributed by atoms with Crippen molar-refractivity contribution in [2.45, 2.75) is 40.0 Å². The van der Waals surface area contributed by atoms with Crippen LogP contribution in [-0.2, 0) is 20.7 Å². The van der Waals surface area contributed by atoms with Crippen molar-refractivity contribution in [1.29, 1.82) is 0 Å². The Morgan fingerprint density at radius 2 is 1.78 bits per heavy atom. The standard InChI is InChI=1S/C29H24ClN3O3.C2H4O.C2H6/c1-31-33(23-13-9-19(10-14-23)17-21-15-16-36-29(21)35)27-8-4-5-20-11-12-22(18-25(20)27)32-28(34)24-6-2-3-7-26(24)30;1-2-3;1-2/h2-3,6-14,17-18H,1,4-5,15-16H2,(H,32,34);2H,1H3;1-2H3/b21-17+;;. The van der Waals surface area contributed by atoms with Crippen LogP contribution < -0.4 is 10.3 Å². The van der Waals surface area contributed by atoms with Crippen molar-refractivity contribution in [3.05, 3.63) is 106 Å². The zero-order chi connectivity index (χ0) is 29.8. The van der Waals surface area contributed by atoms with Gasteiger partial charge in [-0.1, -0.05) is 61.9 Å². The molecule has 8 heteroatoms. The summed E-state index contributed by atoms with van der Waals surface area (Å²) in [5, 5.41) is 9.44. The Hall–Kier alpha value is -4.49. The molecule has 1 aliphatic carbocycles. The van der Waals surface area contributed by atoms with Gasteiger partial charge in [-0.05, 0) is 73.4 Å². The van der Waals surface area contributed by atoms with Crippen LogP contribution in [0.3, 0.4) is 0 Å². The molecule has 0 saturated carbocycles. The van der Waals surface area contributed by atoms with Crippen molar-refractivity contribution in [2.75, 3.05) is 16.9 Å². The molecule has 0 radical (unpaired) electrons. The van der Waals surface area contributed by atoms with Gasteiger partial charge in [0.1, 0.15) is 6.29 Å². The maximum Gasteiger partial charge on any atom is 0.334 e. The van der Waals surface area contributed by atoms with Crippen molar-refractivity contribution in [2.24, 2.45) is 5.10 Å². The number of aldehydes is 1. The molecule has 1 fully saturated rings. The number of esters is 1. The van der Waals surface area contributed by atoms with E-state index < -0.39 is 0 Å². The van der Waals surface area contributed by atoms with Crippen molar-refractivity contribution >= 4 is 59.6 Å². The largest absolute Gasteiger partial charge is 0.462 e. The van der Waals surface area contributed by atoms with E-state index in [4.69, 9.17) is 21.1 Å². The third-order valence-electron chi connectivity index (χ3n) is 6.23. The van der Waals surface area contributed by atoms with Gasteiger partial charge in [-0.2, -0.15) is 5.10 Å². The minimum absolute atomic E-state index is 0.255. The van der Waals surface area contributed by atoms with Gasteiger partial charge in [0.25, 0.3) is 5.91 Å². The molecule has 5 rings (SSSR count). The molecule has 0 spiro atoms. The van der Waals surface area contributed by atoms with E-state index >= 15 is 0 Å². The van der Waals surface area contributed by atoms with Gasteiger partial charge in [-0.3, -0.25) is 4.79 Å². The number of hydrogen-bond acceptors (Lipinski definition) is 6. The number of allylic oxidation sites excluding steroid dienone is 1. The second kappa shape index (κ2) is 15.3. The van der Waals surface area contributed by atoms with Crippen molar-refractivity contribution in [1.82, 2.24) is 0 Å². The fourth-order valence-electron chi connectivity index (χ4n) is 4.42. The summed E-state index contributed by atoms with van der Waals surface area (Å²) in [4.78, 5) is 33.3. The SMILES string of the molecule is C=NN(C1=CCCc2ccc(NC(=O)c3ccccc3Cl)cc21)c1ccc(/C=C2\CCOC2=O)cc1.CC.CC=O. The molecular weight excluding hydrogens is 538 g/mol. The molecule has 1 aliphatic heterocycles. The normalized spacial score (nSPS) is 14.2. The number of fused-ring (bicyclic) bond motifs is 1. The number of benzene rings is 3. The van der Waals surface area contributed by atoms with Gasteiger partial charge in [0.2, 0.25) is 0 Å². The molecule has 2 aliphatic rings. The molecule has 0 unspecified atom stereocenters. The maximum atomic E-state index is 12.8. The first-order valence-electron chi connectivity index (χ1n) is 13.5. The first kappa shape index (κ1) is 31.0. The van der Waals surface area contributed by atoms with Crippen LogP contribution in [0.25, 0.3) is 11.8 Å². The molecule has 0 aromatic heterocycles. The number of rotatable bonds is 6. The van der Waals surface area contributed by atoms with Crippen LogP contribution in [0.2, 0.25) is 5.02 Å². The minimum atomic E-state index is -0.267. The molecule has 1 N–H and O–H groups in total. The third kappa shape index (κ3) is 7.80. The van der Waals surface area contributed by atoms with Crippen LogP contribution in [0.1, 0.15) is 60.7 Å². The molecule has 3 aromatic rings. The first-order valence-corrected chi connectivity index (χ1v) is 13.9. The van der Waals surface area contributed by atoms with E-state index in [0.29, 0.717) is 34.9 Å². The van der Waals surface area contributed by atoms with Gasteiger partial charge in [0.05, 0.1) is 28.6 Å². The summed E-state index contributed by atoms with van der Waals surface area (Å²) in [5.74, 6) is -0.522. The van der Waals surface area contributed by atoms with E-state index in [1.165, 1.54) is 6.92 Å². The summed E-state index contributed by atoms with van der Waals surface area (Å²) in [5.41, 5.74) is 6.56. The average molecular weight is 572 g/mol. The number of carbonyl (C=O) groups is 3. The topological polar surface area (TPSA) is 88.1 Å². The predicted molar refractivity (Wildman–Crippen MR) is 167 cm³/mol. The number of ether oxygens (including phenoxy) is 1. The quantitative estimate of drug-likeness (QED) is 0.108. The summed E-state index contributed by atoms with van der Waals surface area (Å²) in [6.07, 6.45) is 7.12. The number of anilines is 2. The lowest BCUT2D eigenvalue weighted by molar-refractivity contribution is -0.135. The zero-order valence-corrected chi connectivity index (χ0v) is 24.3. The molecule has 0 atom stereocenters. The Bertz CT molecular complexity index is 1460. The predicted octanol–water partition coefficient (Wildman–Crippen LogP) is 7.56. The van der Waals surface area contributed by atoms with Crippen molar-refractivity contribution < 1.29 is 19.1 Å². The Balaban J connectivity index is 0.000000868. The zero-order valence-electron chi connectivity index (χ0n) is 23.5. The van der Waals surface area contributed by atoms with E-state index in [-0.39, 0.29) is 11.9 Å². The number of halogens is 1. The monoisotopic (exact) mass is 571 g/mol. The average Bonchev–Trinajstić information content (AvgIpc) is 3.40. The van der Waals surface area contributed by atoms with E-state index in [2.05, 4.69) is 23.2 Å². The van der Waals surface area contributed by atoms with E-state index in [1.54, 1.807) is 29.3 Å². The number of amides is 1. The number of carbonyl (C=O) groups excluding carboxylic acids is 3. The number of nitrogens with zero attached hydrogens (tertiary/aromatic N) is 2. The Morgan fingerprint density at radius 3 is 2.41 bits per heavy atom. The van der Waals surface area contributed by atoms with Gasteiger partial charge < -0.3 is 14.8 Å². The van der Waals surface area contributed by atoms with E-state index in [1.807, 2.05) is 62.4 Å². The Labute approximate surface area is 246 Å². The lowest BCUT2D eigenvalue weighted by Gasteiger charge is -2.27. The molecule has 3 aromatic carbocycles. The summed E-state index contributed by atoms with van der Waals surface area (Å²) >= 11 is 6.20. The number of hydrogen-bond donors (Lipinski definition) is 1. The highest BCUT2D eigenvalue weighted by Gasteiger charge is 2.21. The molecule has 1 saturated heterocycles. The summed E-state index contributed by atoms with van der Waals surface area (Å²) in [6.45, 7) is 9.68. The molecule has 7 nitrogen and oxygen atoms in total. The van der Waals surface area contributed by atoms with Crippen LogP contribution in [-0.4, -0.2) is 31.5 Å². The molecule has 41 heavy (non-hydrogen) atoms. The maximum absolute atomic E-state index is 12.8. The fourth-order valence-corrected chi connectivity index (χ4v) is 4.64. The van der Waals surface area contributed by atoms with E-state index in [0.717, 1.165) is 47.2 Å². The molecular formula is C33H34ClN3O4. The van der Waals surface area contributed by atoms with Crippen molar-refractivity contribution in [3.8, 4) is 0 Å². The highest BCUT2D eigenvalue weighted by atomic mass is 35.5. The fraction of sp³-hybridized carbons (Fsp3) is 0.212. The summed E-state index contributed by atoms with van der Waals surface area (Å²) < 4.78 is 5.02. The van der Waals surface area contributed by atoms with Gasteiger partial charge in [-0.25, -0.2) is 9.80 Å². The Morgan fingerprint density at radius 1 is 1.07 bits per heavy atom. The van der Waals surface area contributed by atoms with Gasteiger partial charge in [0, 0.05) is 30.0 Å². The third-order valence-corrected chi connectivity index (χ3v) is 6.56. The second-order valence-corrected chi connectivity index (χ2v) is 9.18. The lowest BCUT2D eigenvalue weighted by Crippen LogP contribution is -2.18. The lowest BCUT2D eigenvalue weighted by atomic mass is 9.93. The highest BCUT2D eigenvalue weighted by Crippen LogP contribution is 2.35. The van der Waals surface area contributed by atoms with Crippen LogP contribution in [0.15, 0.2) is 83.5 Å². The Kier molecular flexibility index (Phi) is 11.6. The number of cyclic esters (lactones) is 1. The second-order valence-electron chi connectivity index (χ2n) is 8.77. The molecule has 1 amide bonds. The van der Waals surface area contributed by atoms with Gasteiger partial charge in [0.15, 0.2) is 0 Å². The van der Waals surface area contributed by atoms with Crippen LogP contribution in [0.4, 0.5) is 11.4 Å². The number of aryl methyl sites for hydroxylation is 1. The van der Waals surface area contributed by atoms with E-state index in [9.17, 15) is 9.59 Å². The highest BCUT2D eigenvalue weighted by molar-refractivity contribution is 6.34. The van der Waals surface area contributed by atoms with Crippen LogP contribution in [0.5, 0.6) is 0 Å². The van der Waals surface area contributed by atoms with Crippen LogP contribution in [0, 0.1) is 0 Å². The van der Waals surface area contributed by atoms with Gasteiger partial charge >= 0.3 is 5.97 Å².